The van der Waals surface area contributed by atoms with Gasteiger partial charge in [0.2, 0.25) is 0 Å². The Morgan fingerprint density at radius 1 is 1.31 bits per heavy atom. The first-order chi connectivity index (χ1) is 7.69. The normalized spacial score (nSPS) is 14.2. The van der Waals surface area contributed by atoms with Crippen LogP contribution in [0, 0.1) is 0 Å². The van der Waals surface area contributed by atoms with Crippen molar-refractivity contribution in [3.63, 3.8) is 0 Å². The second-order valence-electron chi connectivity index (χ2n) is 4.36. The van der Waals surface area contributed by atoms with Crippen molar-refractivity contribution in [3.05, 3.63) is 47.5 Å². The number of rotatable bonds is 5. The van der Waals surface area contributed by atoms with Gasteiger partial charge in [0.25, 0.3) is 0 Å². The minimum atomic E-state index is 0.206. The fourth-order valence-corrected chi connectivity index (χ4v) is 2.04. The molecular formula is C14H22N2. The van der Waals surface area contributed by atoms with Crippen LogP contribution in [-0.2, 0) is 0 Å². The summed E-state index contributed by atoms with van der Waals surface area (Å²) in [5, 5.41) is 0. The van der Waals surface area contributed by atoms with Gasteiger partial charge in [-0.05, 0) is 25.8 Å². The van der Waals surface area contributed by atoms with Crippen LogP contribution < -0.4 is 11.3 Å². The van der Waals surface area contributed by atoms with Crippen LogP contribution in [0.4, 0.5) is 0 Å². The van der Waals surface area contributed by atoms with Gasteiger partial charge in [0, 0.05) is 12.0 Å². The molecule has 0 aliphatic rings. The van der Waals surface area contributed by atoms with Crippen molar-refractivity contribution in [1.82, 2.24) is 5.43 Å². The number of hydrazine groups is 1. The van der Waals surface area contributed by atoms with Gasteiger partial charge in [-0.1, -0.05) is 48.9 Å². The van der Waals surface area contributed by atoms with E-state index in [1.807, 2.05) is 6.07 Å². The smallest absolute Gasteiger partial charge is 0.0461 e. The fraction of sp³-hybridized carbons (Fsp3) is 0.429. The first kappa shape index (κ1) is 12.9. The molecule has 0 bridgehead atoms. The molecule has 16 heavy (non-hydrogen) atoms. The summed E-state index contributed by atoms with van der Waals surface area (Å²) in [6.45, 7) is 6.39. The molecule has 2 atom stereocenters. The maximum atomic E-state index is 5.64. The minimum absolute atomic E-state index is 0.206. The van der Waals surface area contributed by atoms with Gasteiger partial charge in [-0.15, -0.1) is 0 Å². The molecule has 0 amide bonds. The van der Waals surface area contributed by atoms with E-state index < -0.39 is 0 Å². The van der Waals surface area contributed by atoms with Crippen LogP contribution in [-0.4, -0.2) is 6.04 Å². The lowest BCUT2D eigenvalue weighted by atomic mass is 9.88. The monoisotopic (exact) mass is 218 g/mol. The zero-order valence-electron chi connectivity index (χ0n) is 10.4. The molecule has 0 aromatic heterocycles. The Morgan fingerprint density at radius 2 is 1.94 bits per heavy atom. The number of allylic oxidation sites excluding steroid dienone is 1. The van der Waals surface area contributed by atoms with Gasteiger partial charge < -0.3 is 0 Å². The van der Waals surface area contributed by atoms with Crippen LogP contribution >= 0.6 is 0 Å². The zero-order chi connectivity index (χ0) is 12.0. The molecule has 2 nitrogen and oxygen atoms in total. The molecule has 0 saturated carbocycles. The largest absolute Gasteiger partial charge is 0.271 e. The molecule has 1 aromatic carbocycles. The van der Waals surface area contributed by atoms with Crippen LogP contribution in [0.5, 0.6) is 0 Å². The topological polar surface area (TPSA) is 38.0 Å². The second kappa shape index (κ2) is 6.46. The van der Waals surface area contributed by atoms with Crippen molar-refractivity contribution in [2.45, 2.75) is 39.2 Å². The van der Waals surface area contributed by atoms with Gasteiger partial charge in [0.15, 0.2) is 0 Å². The first-order valence-electron chi connectivity index (χ1n) is 5.85. The molecule has 3 N–H and O–H groups in total. The van der Waals surface area contributed by atoms with Gasteiger partial charge in [-0.2, -0.15) is 0 Å². The maximum Gasteiger partial charge on any atom is 0.0461 e. The second-order valence-corrected chi connectivity index (χ2v) is 4.36. The molecule has 0 radical (unpaired) electrons. The van der Waals surface area contributed by atoms with Crippen molar-refractivity contribution >= 4 is 0 Å². The van der Waals surface area contributed by atoms with Crippen molar-refractivity contribution in [2.24, 2.45) is 5.84 Å². The predicted molar refractivity (Wildman–Crippen MR) is 70.0 cm³/mol. The average molecular weight is 218 g/mol. The van der Waals surface area contributed by atoms with Crippen LogP contribution in [0.2, 0.25) is 0 Å². The first-order valence-corrected chi connectivity index (χ1v) is 5.85. The molecule has 1 rings (SSSR count). The number of nitrogens with two attached hydrogens (primary N) is 1. The number of hydrogen-bond donors (Lipinski definition) is 2. The van der Waals surface area contributed by atoms with Gasteiger partial charge >= 0.3 is 0 Å². The van der Waals surface area contributed by atoms with Crippen molar-refractivity contribution in [3.8, 4) is 0 Å². The van der Waals surface area contributed by atoms with Gasteiger partial charge in [-0.3, -0.25) is 11.3 Å². The zero-order valence-corrected chi connectivity index (χ0v) is 10.4. The summed E-state index contributed by atoms with van der Waals surface area (Å²) in [6, 6.07) is 10.7. The van der Waals surface area contributed by atoms with Crippen LogP contribution in [0.15, 0.2) is 42.0 Å². The Kier molecular flexibility index (Phi) is 5.23. The Morgan fingerprint density at radius 3 is 2.38 bits per heavy atom. The van der Waals surface area contributed by atoms with E-state index in [4.69, 9.17) is 5.84 Å². The Balaban J connectivity index is 2.92. The summed E-state index contributed by atoms with van der Waals surface area (Å²) < 4.78 is 0. The highest BCUT2D eigenvalue weighted by molar-refractivity contribution is 5.23. The predicted octanol–water partition coefficient (Wildman–Crippen LogP) is 2.98. The summed E-state index contributed by atoms with van der Waals surface area (Å²) in [7, 11) is 0. The Bertz CT molecular complexity index is 326. The SMILES string of the molecule is CCC(c1ccccc1)C(C=C(C)C)NN. The molecule has 88 valence electrons. The Labute approximate surface area is 98.5 Å². The molecular weight excluding hydrogens is 196 g/mol. The van der Waals surface area contributed by atoms with E-state index in [0.717, 1.165) is 6.42 Å². The van der Waals surface area contributed by atoms with Gasteiger partial charge in [0.1, 0.15) is 0 Å². The summed E-state index contributed by atoms with van der Waals surface area (Å²) in [4.78, 5) is 0. The van der Waals surface area contributed by atoms with E-state index in [2.05, 4.69) is 56.5 Å². The standard InChI is InChI=1S/C14H22N2/c1-4-13(12-8-6-5-7-9-12)14(16-15)10-11(2)3/h5-10,13-14,16H,4,15H2,1-3H3. The third-order valence-corrected chi connectivity index (χ3v) is 2.81. The van der Waals surface area contributed by atoms with Crippen molar-refractivity contribution in [1.29, 1.82) is 0 Å². The summed E-state index contributed by atoms with van der Waals surface area (Å²) in [5.41, 5.74) is 5.53. The van der Waals surface area contributed by atoms with E-state index in [0.29, 0.717) is 5.92 Å². The molecule has 0 aliphatic carbocycles. The third-order valence-electron chi connectivity index (χ3n) is 2.81. The lowest BCUT2D eigenvalue weighted by molar-refractivity contribution is 0.496. The number of hydrogen-bond acceptors (Lipinski definition) is 2. The molecule has 0 aliphatic heterocycles. The van der Waals surface area contributed by atoms with E-state index in [-0.39, 0.29) is 6.04 Å². The summed E-state index contributed by atoms with van der Waals surface area (Å²) in [6.07, 6.45) is 3.27. The molecule has 1 aromatic rings. The third kappa shape index (κ3) is 3.47. The molecule has 0 saturated heterocycles. The quantitative estimate of drug-likeness (QED) is 0.453. The van der Waals surface area contributed by atoms with E-state index >= 15 is 0 Å². The molecule has 0 heterocycles. The van der Waals surface area contributed by atoms with Crippen molar-refractivity contribution in [2.75, 3.05) is 0 Å². The fourth-order valence-electron chi connectivity index (χ4n) is 2.04. The maximum absolute atomic E-state index is 5.64. The van der Waals surface area contributed by atoms with Gasteiger partial charge in [0.05, 0.1) is 0 Å². The minimum Gasteiger partial charge on any atom is -0.271 e. The highest BCUT2D eigenvalue weighted by Crippen LogP contribution is 2.24. The van der Waals surface area contributed by atoms with Crippen LogP contribution in [0.25, 0.3) is 0 Å². The summed E-state index contributed by atoms with van der Waals surface area (Å²) >= 11 is 0. The highest BCUT2D eigenvalue weighted by Gasteiger charge is 2.17. The Hall–Kier alpha value is -1.12. The van der Waals surface area contributed by atoms with E-state index in [1.165, 1.54) is 11.1 Å². The number of nitrogens with one attached hydrogen (secondary N) is 1. The average Bonchev–Trinajstić information content (AvgIpc) is 2.29. The van der Waals surface area contributed by atoms with E-state index in [1.54, 1.807) is 0 Å². The van der Waals surface area contributed by atoms with E-state index in [9.17, 15) is 0 Å². The van der Waals surface area contributed by atoms with Crippen molar-refractivity contribution < 1.29 is 0 Å². The van der Waals surface area contributed by atoms with Gasteiger partial charge in [-0.25, -0.2) is 0 Å². The number of benzene rings is 1. The molecule has 0 fully saturated rings. The lowest BCUT2D eigenvalue weighted by Gasteiger charge is -2.23. The van der Waals surface area contributed by atoms with Crippen LogP contribution in [0.3, 0.4) is 0 Å². The molecule has 0 spiro atoms. The van der Waals surface area contributed by atoms with Crippen LogP contribution in [0.1, 0.15) is 38.7 Å². The molecule has 2 unspecified atom stereocenters. The summed E-state index contributed by atoms with van der Waals surface area (Å²) in [5.74, 6) is 6.07. The molecule has 2 heteroatoms. The lowest BCUT2D eigenvalue weighted by Crippen LogP contribution is -2.38. The highest BCUT2D eigenvalue weighted by atomic mass is 15.2.